The maximum absolute atomic E-state index is 13.1. The normalized spacial score (nSPS) is 11.1. The summed E-state index contributed by atoms with van der Waals surface area (Å²) in [5, 5.41) is 15.7. The van der Waals surface area contributed by atoms with Crippen LogP contribution in [0.15, 0.2) is 66.1 Å². The molecule has 0 amide bonds. The number of aryl methyl sites for hydroxylation is 2. The molecule has 0 aliphatic carbocycles. The number of nitrogens with one attached hydrogen (secondary N) is 1. The van der Waals surface area contributed by atoms with Crippen LogP contribution in [0, 0.1) is 10.1 Å². The molecule has 37 heavy (non-hydrogen) atoms. The van der Waals surface area contributed by atoms with Crippen LogP contribution < -0.4 is 15.4 Å². The molecular weight excluding hydrogens is 519 g/mol. The summed E-state index contributed by atoms with van der Waals surface area (Å²) in [6.45, 7) is 0.277. The van der Waals surface area contributed by atoms with Gasteiger partial charge < -0.3 is 20.0 Å². The molecule has 11 nitrogen and oxygen atoms in total. The van der Waals surface area contributed by atoms with E-state index in [-0.39, 0.29) is 17.9 Å². The van der Waals surface area contributed by atoms with Gasteiger partial charge in [-0.05, 0) is 28.1 Å². The van der Waals surface area contributed by atoms with Crippen LogP contribution >= 0.6 is 23.2 Å². The second-order valence-electron chi connectivity index (χ2n) is 8.26. The average molecular weight is 538 g/mol. The fraction of sp³-hybridized carbons (Fsp3) is 0.125. The Morgan fingerprint density at radius 2 is 1.81 bits per heavy atom. The largest absolute Gasteiger partial charge is 0.391 e. The predicted octanol–water partition coefficient (Wildman–Crippen LogP) is 4.02. The Morgan fingerprint density at radius 3 is 2.49 bits per heavy atom. The van der Waals surface area contributed by atoms with E-state index in [2.05, 4.69) is 20.3 Å². The number of hydrogen-bond donors (Lipinski definition) is 1. The Bertz CT molecular complexity index is 1710. The minimum Gasteiger partial charge on any atom is -0.358 e. The van der Waals surface area contributed by atoms with Crippen molar-refractivity contribution in [2.75, 3.05) is 5.32 Å². The summed E-state index contributed by atoms with van der Waals surface area (Å²) in [6.07, 6.45) is 6.58. The predicted molar refractivity (Wildman–Crippen MR) is 139 cm³/mol. The highest BCUT2D eigenvalue weighted by atomic mass is 35.5. The van der Waals surface area contributed by atoms with Crippen LogP contribution in [0.5, 0.6) is 0 Å². The van der Waals surface area contributed by atoms with Gasteiger partial charge in [0.2, 0.25) is 12.3 Å². The van der Waals surface area contributed by atoms with Gasteiger partial charge >= 0.3 is 5.82 Å². The molecule has 0 saturated heterocycles. The number of aromatic nitrogens is 6. The molecule has 0 unspecified atom stereocenters. The van der Waals surface area contributed by atoms with Gasteiger partial charge in [-0.25, -0.2) is 4.98 Å². The summed E-state index contributed by atoms with van der Waals surface area (Å²) in [4.78, 5) is 36.6. The molecular formula is C24H19Cl2N8O3+. The van der Waals surface area contributed by atoms with Gasteiger partial charge in [0.25, 0.3) is 5.56 Å². The van der Waals surface area contributed by atoms with Gasteiger partial charge in [-0.15, -0.1) is 0 Å². The number of halogens is 2. The number of hydrogen-bond acceptors (Lipinski definition) is 7. The number of rotatable bonds is 6. The fourth-order valence-electron chi connectivity index (χ4n) is 3.97. The second kappa shape index (κ2) is 9.60. The summed E-state index contributed by atoms with van der Waals surface area (Å²) in [6, 6.07) is 10.3. The van der Waals surface area contributed by atoms with Crippen molar-refractivity contribution >= 4 is 51.7 Å². The van der Waals surface area contributed by atoms with E-state index in [9.17, 15) is 14.9 Å². The lowest BCUT2D eigenvalue weighted by atomic mass is 10.1. The van der Waals surface area contributed by atoms with Crippen LogP contribution in [0.2, 0.25) is 10.0 Å². The van der Waals surface area contributed by atoms with E-state index in [0.29, 0.717) is 49.5 Å². The topological polar surface area (TPSA) is 125 Å². The second-order valence-corrected chi connectivity index (χ2v) is 9.07. The number of fused-ring (bicyclic) bond motifs is 1. The standard InChI is InChI=1S/C24H18Cl2N8O3/c1-31-13-28-22(34(36)37)19(31)12-33-8-6-15(7-9-33)29-24-27-11-14-10-16(23(35)32(2)21(14)30-24)20-17(25)4-3-5-18(20)26/h3-11,13H,12H2,1-2H3/p+1. The molecule has 5 aromatic rings. The van der Waals surface area contributed by atoms with E-state index < -0.39 is 4.92 Å². The third-order valence-corrected chi connectivity index (χ3v) is 6.50. The molecule has 0 aliphatic heterocycles. The van der Waals surface area contributed by atoms with Crippen LogP contribution in [0.4, 0.5) is 17.5 Å². The monoisotopic (exact) mass is 537 g/mol. The van der Waals surface area contributed by atoms with E-state index in [1.165, 1.54) is 10.9 Å². The first-order valence-electron chi connectivity index (χ1n) is 10.9. The van der Waals surface area contributed by atoms with E-state index >= 15 is 0 Å². The molecule has 0 atom stereocenters. The van der Waals surface area contributed by atoms with E-state index in [4.69, 9.17) is 23.2 Å². The lowest BCUT2D eigenvalue weighted by Crippen LogP contribution is -2.34. The highest BCUT2D eigenvalue weighted by molar-refractivity contribution is 6.39. The summed E-state index contributed by atoms with van der Waals surface area (Å²) < 4.78 is 4.84. The first-order chi connectivity index (χ1) is 17.7. The molecule has 0 bridgehead atoms. The molecule has 1 N–H and O–H groups in total. The molecule has 4 aromatic heterocycles. The number of benzene rings is 1. The quantitative estimate of drug-likeness (QED) is 0.197. The first kappa shape index (κ1) is 24.3. The van der Waals surface area contributed by atoms with Gasteiger partial charge in [-0.3, -0.25) is 9.36 Å². The van der Waals surface area contributed by atoms with Crippen molar-refractivity contribution in [2.45, 2.75) is 6.54 Å². The zero-order valence-corrected chi connectivity index (χ0v) is 21.1. The molecule has 186 valence electrons. The maximum Gasteiger partial charge on any atom is 0.391 e. The lowest BCUT2D eigenvalue weighted by Gasteiger charge is -2.12. The number of nitro groups is 1. The van der Waals surface area contributed by atoms with Crippen molar-refractivity contribution in [1.82, 2.24) is 24.1 Å². The average Bonchev–Trinajstić information content (AvgIpc) is 3.23. The van der Waals surface area contributed by atoms with Crippen LogP contribution in [-0.2, 0) is 20.6 Å². The minimum atomic E-state index is -0.498. The smallest absolute Gasteiger partial charge is 0.358 e. The highest BCUT2D eigenvalue weighted by Crippen LogP contribution is 2.33. The highest BCUT2D eigenvalue weighted by Gasteiger charge is 2.23. The van der Waals surface area contributed by atoms with Gasteiger partial charge in [-0.1, -0.05) is 29.3 Å². The number of imidazole rings is 1. The molecule has 4 heterocycles. The van der Waals surface area contributed by atoms with Crippen molar-refractivity contribution in [1.29, 1.82) is 0 Å². The summed E-state index contributed by atoms with van der Waals surface area (Å²) in [5.41, 5.74) is 2.13. The fourth-order valence-corrected chi connectivity index (χ4v) is 4.57. The molecule has 5 rings (SSSR count). The Labute approximate surface area is 219 Å². The van der Waals surface area contributed by atoms with Crippen molar-refractivity contribution in [3.05, 3.63) is 97.5 Å². The zero-order valence-electron chi connectivity index (χ0n) is 19.6. The van der Waals surface area contributed by atoms with Crippen molar-refractivity contribution in [2.24, 2.45) is 14.1 Å². The Morgan fingerprint density at radius 1 is 1.11 bits per heavy atom. The Hall–Kier alpha value is -4.35. The Kier molecular flexibility index (Phi) is 6.32. The van der Waals surface area contributed by atoms with E-state index in [0.717, 1.165) is 0 Å². The Balaban J connectivity index is 1.42. The number of nitrogens with zero attached hydrogens (tertiary/aromatic N) is 7. The third-order valence-electron chi connectivity index (χ3n) is 5.87. The zero-order chi connectivity index (χ0) is 26.3. The van der Waals surface area contributed by atoms with Gasteiger partial charge in [0.05, 0.1) is 21.3 Å². The summed E-state index contributed by atoms with van der Waals surface area (Å²) in [7, 11) is 3.33. The van der Waals surface area contributed by atoms with Gasteiger partial charge in [0.15, 0.2) is 24.6 Å². The molecule has 13 heteroatoms. The lowest BCUT2D eigenvalue weighted by molar-refractivity contribution is -0.689. The number of pyridine rings is 2. The molecule has 1 aromatic carbocycles. The van der Waals surface area contributed by atoms with Crippen molar-refractivity contribution in [3.8, 4) is 11.1 Å². The number of anilines is 2. The van der Waals surface area contributed by atoms with Crippen LogP contribution in [0.1, 0.15) is 5.69 Å². The molecule has 0 spiro atoms. The van der Waals surface area contributed by atoms with Crippen LogP contribution in [-0.4, -0.2) is 29.0 Å². The first-order valence-corrected chi connectivity index (χ1v) is 11.7. The minimum absolute atomic E-state index is 0.174. The van der Waals surface area contributed by atoms with Crippen molar-refractivity contribution < 1.29 is 9.49 Å². The maximum atomic E-state index is 13.1. The van der Waals surface area contributed by atoms with Crippen LogP contribution in [0.25, 0.3) is 22.2 Å². The molecule has 0 saturated carbocycles. The van der Waals surface area contributed by atoms with E-state index in [1.807, 2.05) is 0 Å². The molecule has 0 aliphatic rings. The van der Waals surface area contributed by atoms with Crippen molar-refractivity contribution in [3.63, 3.8) is 0 Å². The SMILES string of the molecule is Cn1cnc([N+](=O)[O-])c1C[n+]1ccc(Nc2ncc3cc(-c4c(Cl)cccc4Cl)c(=O)n(C)c3n2)cc1. The summed E-state index contributed by atoms with van der Waals surface area (Å²) >= 11 is 12.7. The van der Waals surface area contributed by atoms with E-state index in [1.54, 1.807) is 78.2 Å². The van der Waals surface area contributed by atoms with Gasteiger partial charge in [-0.2, -0.15) is 9.55 Å². The van der Waals surface area contributed by atoms with Crippen LogP contribution in [0.3, 0.4) is 0 Å². The van der Waals surface area contributed by atoms with Gasteiger partial charge in [0, 0.05) is 43.4 Å². The van der Waals surface area contributed by atoms with Gasteiger partial charge in [0.1, 0.15) is 5.65 Å². The molecule has 0 radical (unpaired) electrons. The molecule has 0 fully saturated rings. The summed E-state index contributed by atoms with van der Waals surface area (Å²) in [5.74, 6) is 0.124. The third kappa shape index (κ3) is 4.61.